The third-order valence-corrected chi connectivity index (χ3v) is 4.63. The third kappa shape index (κ3) is 4.58. The van der Waals surface area contributed by atoms with Gasteiger partial charge < -0.3 is 4.90 Å². The first-order chi connectivity index (χ1) is 12.9. The summed E-state index contributed by atoms with van der Waals surface area (Å²) in [7, 11) is 0. The van der Waals surface area contributed by atoms with Gasteiger partial charge in [0.1, 0.15) is 5.82 Å². The largest absolute Gasteiger partial charge is 0.312 e. The summed E-state index contributed by atoms with van der Waals surface area (Å²) in [6, 6.07) is 13.6. The molecule has 0 unspecified atom stereocenters. The van der Waals surface area contributed by atoms with Gasteiger partial charge in [-0.15, -0.1) is 0 Å². The van der Waals surface area contributed by atoms with Gasteiger partial charge in [-0.2, -0.15) is 5.10 Å². The average Bonchev–Trinajstić information content (AvgIpc) is 3.04. The highest BCUT2D eigenvalue weighted by molar-refractivity contribution is 6.00. The molecule has 2 amide bonds. The predicted octanol–water partition coefficient (Wildman–Crippen LogP) is 3.45. The van der Waals surface area contributed by atoms with Crippen LogP contribution in [0.1, 0.15) is 37.3 Å². The maximum absolute atomic E-state index is 13.0. The van der Waals surface area contributed by atoms with Crippen molar-refractivity contribution in [2.75, 3.05) is 11.4 Å². The molecule has 1 saturated heterocycles. The molecule has 1 atom stereocenters. The van der Waals surface area contributed by atoms with Crippen molar-refractivity contribution in [2.24, 2.45) is 11.0 Å². The Hall–Kier alpha value is -3.02. The van der Waals surface area contributed by atoms with E-state index in [-0.39, 0.29) is 30.6 Å². The van der Waals surface area contributed by atoms with E-state index in [1.54, 1.807) is 6.21 Å². The van der Waals surface area contributed by atoms with Gasteiger partial charge in [0, 0.05) is 18.7 Å². The summed E-state index contributed by atoms with van der Waals surface area (Å²) in [5, 5.41) is 3.99. The van der Waals surface area contributed by atoms with Crippen LogP contribution in [0.15, 0.2) is 53.6 Å². The maximum atomic E-state index is 13.0. The topological polar surface area (TPSA) is 61.8 Å². The molecule has 6 heteroatoms. The highest BCUT2D eigenvalue weighted by Crippen LogP contribution is 2.25. The lowest BCUT2D eigenvalue weighted by Crippen LogP contribution is -2.30. The molecule has 1 fully saturated rings. The zero-order valence-electron chi connectivity index (χ0n) is 15.4. The van der Waals surface area contributed by atoms with Gasteiger partial charge in [0.2, 0.25) is 11.8 Å². The highest BCUT2D eigenvalue weighted by atomic mass is 19.1. The van der Waals surface area contributed by atoms with Gasteiger partial charge in [-0.25, -0.2) is 9.82 Å². The first-order valence-electron chi connectivity index (χ1n) is 8.93. The van der Waals surface area contributed by atoms with E-state index in [4.69, 9.17) is 0 Å². The number of amides is 2. The number of carbonyl (C=O) groups excluding carboxylic acids is 2. The van der Waals surface area contributed by atoms with Crippen molar-refractivity contribution in [1.82, 2.24) is 5.43 Å². The Labute approximate surface area is 157 Å². The fourth-order valence-electron chi connectivity index (χ4n) is 2.98. The minimum absolute atomic E-state index is 0.113. The molecule has 2 aromatic rings. The minimum Gasteiger partial charge on any atom is -0.312 e. The van der Waals surface area contributed by atoms with Crippen LogP contribution < -0.4 is 10.3 Å². The number of nitrogens with zero attached hydrogens (tertiary/aromatic N) is 2. The Balaban J connectivity index is 1.57. The summed E-state index contributed by atoms with van der Waals surface area (Å²) in [4.78, 5) is 26.0. The lowest BCUT2D eigenvalue weighted by Gasteiger charge is -2.16. The van der Waals surface area contributed by atoms with Crippen LogP contribution in [-0.4, -0.2) is 24.6 Å². The Morgan fingerprint density at radius 2 is 1.85 bits per heavy atom. The second-order valence-electron chi connectivity index (χ2n) is 6.94. The van der Waals surface area contributed by atoms with E-state index in [1.165, 1.54) is 34.7 Å². The molecule has 0 bridgehead atoms. The van der Waals surface area contributed by atoms with Crippen LogP contribution in [0.5, 0.6) is 0 Å². The van der Waals surface area contributed by atoms with Crippen LogP contribution in [-0.2, 0) is 9.59 Å². The van der Waals surface area contributed by atoms with Crippen LogP contribution in [0.4, 0.5) is 10.1 Å². The van der Waals surface area contributed by atoms with Crippen molar-refractivity contribution in [2.45, 2.75) is 26.2 Å². The number of carbonyl (C=O) groups is 2. The van der Waals surface area contributed by atoms with Gasteiger partial charge in [0.05, 0.1) is 12.1 Å². The number of hydrogen-bond donors (Lipinski definition) is 1. The number of benzene rings is 2. The molecule has 2 aromatic carbocycles. The molecule has 140 valence electrons. The molecule has 0 radical (unpaired) electrons. The van der Waals surface area contributed by atoms with Crippen LogP contribution in [0.25, 0.3) is 0 Å². The summed E-state index contributed by atoms with van der Waals surface area (Å²) < 4.78 is 13.0. The Morgan fingerprint density at radius 1 is 1.19 bits per heavy atom. The van der Waals surface area contributed by atoms with E-state index in [0.717, 1.165) is 5.56 Å². The van der Waals surface area contributed by atoms with Gasteiger partial charge in [-0.1, -0.05) is 38.1 Å². The van der Waals surface area contributed by atoms with Gasteiger partial charge in [-0.3, -0.25) is 9.59 Å². The zero-order chi connectivity index (χ0) is 19.4. The smallest absolute Gasteiger partial charge is 0.245 e. The molecule has 1 heterocycles. The van der Waals surface area contributed by atoms with Crippen molar-refractivity contribution in [3.63, 3.8) is 0 Å². The molecular formula is C21H22FN3O2. The zero-order valence-corrected chi connectivity index (χ0v) is 15.4. The Kier molecular flexibility index (Phi) is 5.64. The third-order valence-electron chi connectivity index (χ3n) is 4.63. The van der Waals surface area contributed by atoms with Crippen molar-refractivity contribution < 1.29 is 14.0 Å². The highest BCUT2D eigenvalue weighted by Gasteiger charge is 2.35. The van der Waals surface area contributed by atoms with Gasteiger partial charge in [0.15, 0.2) is 0 Å². The summed E-state index contributed by atoms with van der Waals surface area (Å²) in [6.07, 6.45) is 1.69. The molecule has 27 heavy (non-hydrogen) atoms. The number of hydrogen-bond acceptors (Lipinski definition) is 3. The van der Waals surface area contributed by atoms with E-state index < -0.39 is 5.92 Å². The number of anilines is 1. The van der Waals surface area contributed by atoms with E-state index in [0.29, 0.717) is 11.6 Å². The number of rotatable bonds is 5. The van der Waals surface area contributed by atoms with Crippen molar-refractivity contribution in [3.8, 4) is 0 Å². The van der Waals surface area contributed by atoms with E-state index in [2.05, 4.69) is 24.4 Å². The summed E-state index contributed by atoms with van der Waals surface area (Å²) in [5.74, 6) is -0.851. The Morgan fingerprint density at radius 3 is 2.48 bits per heavy atom. The fraction of sp³-hybridized carbons (Fsp3) is 0.286. The molecule has 1 aliphatic rings. The van der Waals surface area contributed by atoms with E-state index >= 15 is 0 Å². The second kappa shape index (κ2) is 8.12. The quantitative estimate of drug-likeness (QED) is 0.650. The predicted molar refractivity (Wildman–Crippen MR) is 103 cm³/mol. The molecule has 1 N–H and O–H groups in total. The standard InChI is InChI=1S/C21H22FN3O2/c1-14(2)16-5-3-15(4-6-16)12-23-24-21(27)17-11-20(26)25(13-17)19-9-7-18(22)8-10-19/h3-10,12,14,17H,11,13H2,1-2H3,(H,24,27)/b23-12-/t17-/m1/s1. The fourth-order valence-corrected chi connectivity index (χ4v) is 2.98. The first kappa shape index (κ1) is 18.8. The maximum Gasteiger partial charge on any atom is 0.245 e. The average molecular weight is 367 g/mol. The molecule has 1 aliphatic heterocycles. The van der Waals surface area contributed by atoms with Crippen molar-refractivity contribution in [3.05, 3.63) is 65.5 Å². The first-order valence-corrected chi connectivity index (χ1v) is 8.93. The lowest BCUT2D eigenvalue weighted by atomic mass is 10.0. The van der Waals surface area contributed by atoms with Gasteiger partial charge in [-0.05, 0) is 41.3 Å². The molecule has 0 spiro atoms. The van der Waals surface area contributed by atoms with E-state index in [1.807, 2.05) is 24.3 Å². The lowest BCUT2D eigenvalue weighted by molar-refractivity contribution is -0.126. The second-order valence-corrected chi connectivity index (χ2v) is 6.94. The number of halogens is 1. The normalized spacial score (nSPS) is 17.1. The molecule has 5 nitrogen and oxygen atoms in total. The van der Waals surface area contributed by atoms with Gasteiger partial charge in [0.25, 0.3) is 0 Å². The van der Waals surface area contributed by atoms with Crippen LogP contribution >= 0.6 is 0 Å². The van der Waals surface area contributed by atoms with Gasteiger partial charge >= 0.3 is 0 Å². The van der Waals surface area contributed by atoms with E-state index in [9.17, 15) is 14.0 Å². The van der Waals surface area contributed by atoms with Crippen LogP contribution in [0, 0.1) is 11.7 Å². The Bertz CT molecular complexity index is 845. The number of hydrazone groups is 1. The van der Waals surface area contributed by atoms with Crippen LogP contribution in [0.2, 0.25) is 0 Å². The minimum atomic E-state index is -0.483. The summed E-state index contributed by atoms with van der Waals surface area (Å²) in [6.45, 7) is 4.51. The molecule has 3 rings (SSSR count). The van der Waals surface area contributed by atoms with Crippen molar-refractivity contribution in [1.29, 1.82) is 0 Å². The molecule has 0 aromatic heterocycles. The molecular weight excluding hydrogens is 345 g/mol. The number of nitrogens with one attached hydrogen (secondary N) is 1. The summed E-state index contributed by atoms with van der Waals surface area (Å²) in [5.41, 5.74) is 5.21. The molecule has 0 aliphatic carbocycles. The van der Waals surface area contributed by atoms with Crippen LogP contribution in [0.3, 0.4) is 0 Å². The molecule has 0 saturated carbocycles. The summed E-state index contributed by atoms with van der Waals surface area (Å²) >= 11 is 0. The SMILES string of the molecule is CC(C)c1ccc(/C=N\NC(=O)[C@@H]2CC(=O)N(c3ccc(F)cc3)C2)cc1. The monoisotopic (exact) mass is 367 g/mol. The van der Waals surface area contributed by atoms with Crippen molar-refractivity contribution >= 4 is 23.7 Å².